The van der Waals surface area contributed by atoms with Crippen molar-refractivity contribution in [1.29, 1.82) is 0 Å². The quantitative estimate of drug-likeness (QED) is 0.645. The van der Waals surface area contributed by atoms with Gasteiger partial charge in [0, 0.05) is 0 Å². The molecule has 3 saturated heterocycles. The molecular formula is C9H15NO9S2. The summed E-state index contributed by atoms with van der Waals surface area (Å²) in [5.41, 5.74) is 0. The van der Waals surface area contributed by atoms with Crippen LogP contribution in [-0.4, -0.2) is 55.7 Å². The SMILES string of the molecule is CC1(C)O[C@H]2[C@@H]3OS(=O)O[C@@H]3CO[C@@]2(COS(N)(=O)=O)O1. The molecule has 2 N–H and O–H groups in total. The van der Waals surface area contributed by atoms with Crippen molar-refractivity contribution in [3.05, 3.63) is 0 Å². The van der Waals surface area contributed by atoms with E-state index in [2.05, 4.69) is 4.18 Å². The molecule has 0 aromatic rings. The van der Waals surface area contributed by atoms with E-state index in [1.165, 1.54) is 0 Å². The van der Waals surface area contributed by atoms with Gasteiger partial charge in [0.25, 0.3) is 0 Å². The molecule has 0 aromatic carbocycles. The number of ether oxygens (including phenoxy) is 3. The summed E-state index contributed by atoms with van der Waals surface area (Å²) in [6, 6.07) is 0. The molecule has 0 aliphatic carbocycles. The molecule has 3 aliphatic heterocycles. The lowest BCUT2D eigenvalue weighted by molar-refractivity contribution is -0.290. The first-order valence-electron chi connectivity index (χ1n) is 6.05. The molecule has 0 saturated carbocycles. The van der Waals surface area contributed by atoms with Gasteiger partial charge in [-0.1, -0.05) is 0 Å². The van der Waals surface area contributed by atoms with Gasteiger partial charge >= 0.3 is 21.7 Å². The maximum atomic E-state index is 11.3. The molecule has 5 atom stereocenters. The number of hydrogen-bond acceptors (Lipinski definition) is 9. The lowest BCUT2D eigenvalue weighted by atomic mass is 9.98. The summed E-state index contributed by atoms with van der Waals surface area (Å²) in [7, 11) is -4.19. The molecule has 0 aromatic heterocycles. The Morgan fingerprint density at radius 3 is 2.76 bits per heavy atom. The molecule has 0 radical (unpaired) electrons. The lowest BCUT2D eigenvalue weighted by Crippen LogP contribution is -2.60. The Balaban J connectivity index is 1.87. The largest absolute Gasteiger partial charge is 0.343 e. The van der Waals surface area contributed by atoms with Gasteiger partial charge in [0.15, 0.2) is 5.79 Å². The van der Waals surface area contributed by atoms with E-state index in [4.69, 9.17) is 27.7 Å². The first-order chi connectivity index (χ1) is 9.60. The molecule has 3 heterocycles. The number of fused-ring (bicyclic) bond motifs is 3. The van der Waals surface area contributed by atoms with Crippen LogP contribution in [0.1, 0.15) is 13.8 Å². The predicted molar refractivity (Wildman–Crippen MR) is 65.7 cm³/mol. The third-order valence-corrected chi connectivity index (χ3v) is 4.47. The fourth-order valence-corrected chi connectivity index (χ4v) is 3.71. The topological polar surface area (TPSA) is 133 Å². The van der Waals surface area contributed by atoms with Gasteiger partial charge in [-0.05, 0) is 13.8 Å². The Kier molecular flexibility index (Phi) is 3.67. The minimum atomic E-state index is -4.19. The first kappa shape index (κ1) is 15.7. The van der Waals surface area contributed by atoms with Crippen LogP contribution >= 0.6 is 0 Å². The highest BCUT2D eigenvalue weighted by molar-refractivity contribution is 7.84. The Morgan fingerprint density at radius 1 is 1.38 bits per heavy atom. The predicted octanol–water partition coefficient (Wildman–Crippen LogP) is -1.55. The van der Waals surface area contributed by atoms with E-state index in [1.807, 2.05) is 0 Å². The van der Waals surface area contributed by atoms with E-state index < -0.39 is 58.2 Å². The summed E-state index contributed by atoms with van der Waals surface area (Å²) in [6.45, 7) is 2.71. The maximum Gasteiger partial charge on any atom is 0.333 e. The average Bonchev–Trinajstić information content (AvgIpc) is 2.82. The smallest absolute Gasteiger partial charge is 0.333 e. The number of hydrogen-bond donors (Lipinski definition) is 1. The first-order valence-corrected chi connectivity index (χ1v) is 8.53. The number of nitrogens with two attached hydrogens (primary N) is 1. The zero-order valence-electron chi connectivity index (χ0n) is 11.2. The number of rotatable bonds is 3. The summed E-state index contributed by atoms with van der Waals surface area (Å²) in [4.78, 5) is 0. The molecular weight excluding hydrogens is 330 g/mol. The molecule has 3 rings (SSSR count). The highest BCUT2D eigenvalue weighted by atomic mass is 32.2. The fourth-order valence-electron chi connectivity index (χ4n) is 2.56. The highest BCUT2D eigenvalue weighted by Crippen LogP contribution is 2.45. The second-order valence-corrected chi connectivity index (χ2v) is 7.33. The van der Waals surface area contributed by atoms with E-state index in [0.29, 0.717) is 0 Å². The highest BCUT2D eigenvalue weighted by Gasteiger charge is 2.65. The van der Waals surface area contributed by atoms with Gasteiger partial charge in [0.05, 0.1) is 6.61 Å². The van der Waals surface area contributed by atoms with Crippen molar-refractivity contribution in [2.24, 2.45) is 5.14 Å². The van der Waals surface area contributed by atoms with Crippen LogP contribution in [0.4, 0.5) is 0 Å². The van der Waals surface area contributed by atoms with E-state index in [1.54, 1.807) is 13.8 Å². The van der Waals surface area contributed by atoms with Gasteiger partial charge in [-0.2, -0.15) is 12.6 Å². The molecule has 10 nitrogen and oxygen atoms in total. The Hall–Kier alpha value is -0.180. The van der Waals surface area contributed by atoms with Gasteiger partial charge in [-0.25, -0.2) is 5.14 Å². The van der Waals surface area contributed by atoms with Crippen LogP contribution in [0.2, 0.25) is 0 Å². The Labute approximate surface area is 123 Å². The van der Waals surface area contributed by atoms with Gasteiger partial charge < -0.3 is 14.2 Å². The van der Waals surface area contributed by atoms with Crippen LogP contribution in [0, 0.1) is 0 Å². The standard InChI is InChI=1S/C9H15NO9S2/c1-8(2)16-7-6-5(17-20(11)18-6)3-14-9(7,19-8)4-15-21(10,12)13/h5-7H,3-4H2,1-2H3,(H2,10,12,13)/t5-,6-,7+,9+,20?/m1/s1. The van der Waals surface area contributed by atoms with Crippen LogP contribution in [-0.2, 0) is 48.4 Å². The van der Waals surface area contributed by atoms with Gasteiger partial charge in [-0.3, -0.25) is 12.5 Å². The van der Waals surface area contributed by atoms with E-state index in [0.717, 1.165) is 0 Å². The second kappa shape index (κ2) is 4.91. The van der Waals surface area contributed by atoms with Crippen molar-refractivity contribution < 1.29 is 39.4 Å². The van der Waals surface area contributed by atoms with Crippen LogP contribution < -0.4 is 5.14 Å². The Morgan fingerprint density at radius 2 is 2.10 bits per heavy atom. The van der Waals surface area contributed by atoms with Crippen molar-refractivity contribution in [2.45, 2.75) is 43.7 Å². The monoisotopic (exact) mass is 345 g/mol. The molecule has 3 fully saturated rings. The lowest BCUT2D eigenvalue weighted by Gasteiger charge is -2.39. The maximum absolute atomic E-state index is 11.3. The summed E-state index contributed by atoms with van der Waals surface area (Å²) >= 11 is -1.92. The van der Waals surface area contributed by atoms with Gasteiger partial charge in [0.1, 0.15) is 24.9 Å². The zero-order chi connectivity index (χ0) is 15.5. The van der Waals surface area contributed by atoms with Crippen LogP contribution in [0.5, 0.6) is 0 Å². The molecule has 0 spiro atoms. The van der Waals surface area contributed by atoms with E-state index >= 15 is 0 Å². The van der Waals surface area contributed by atoms with Crippen molar-refractivity contribution in [3.8, 4) is 0 Å². The zero-order valence-corrected chi connectivity index (χ0v) is 12.8. The third kappa shape index (κ3) is 3.00. The summed E-state index contributed by atoms with van der Waals surface area (Å²) < 4.78 is 65.0. The molecule has 1 unspecified atom stereocenters. The van der Waals surface area contributed by atoms with E-state index in [-0.39, 0.29) is 6.61 Å². The van der Waals surface area contributed by atoms with Gasteiger partial charge in [-0.15, -0.1) is 0 Å². The third-order valence-electron chi connectivity index (χ3n) is 3.24. The fraction of sp³-hybridized carbons (Fsp3) is 1.00. The van der Waals surface area contributed by atoms with Crippen molar-refractivity contribution in [1.82, 2.24) is 0 Å². The summed E-state index contributed by atoms with van der Waals surface area (Å²) in [5.74, 6) is -2.61. The summed E-state index contributed by atoms with van der Waals surface area (Å²) in [6.07, 6.45) is -2.21. The minimum absolute atomic E-state index is 0.0136. The normalized spacial score (nSPS) is 45.3. The molecule has 12 heteroatoms. The molecule has 21 heavy (non-hydrogen) atoms. The minimum Gasteiger partial charge on any atom is -0.343 e. The van der Waals surface area contributed by atoms with E-state index in [9.17, 15) is 12.6 Å². The van der Waals surface area contributed by atoms with Crippen LogP contribution in [0.25, 0.3) is 0 Å². The second-order valence-electron chi connectivity index (χ2n) is 5.32. The summed E-state index contributed by atoms with van der Waals surface area (Å²) in [5, 5.41) is 4.82. The molecule has 122 valence electrons. The molecule has 0 amide bonds. The molecule has 0 bridgehead atoms. The van der Waals surface area contributed by atoms with Crippen molar-refractivity contribution in [2.75, 3.05) is 13.2 Å². The van der Waals surface area contributed by atoms with Crippen molar-refractivity contribution >= 4 is 21.7 Å². The van der Waals surface area contributed by atoms with Crippen LogP contribution in [0.3, 0.4) is 0 Å². The van der Waals surface area contributed by atoms with Gasteiger partial charge in [0.2, 0.25) is 5.79 Å². The Bertz CT molecular complexity index is 564. The van der Waals surface area contributed by atoms with Crippen LogP contribution in [0.15, 0.2) is 0 Å². The molecule has 3 aliphatic rings. The van der Waals surface area contributed by atoms with Crippen molar-refractivity contribution in [3.63, 3.8) is 0 Å². The average molecular weight is 345 g/mol.